The number of benzene rings is 21. The predicted octanol–water partition coefficient (Wildman–Crippen LogP) is 36.9. The van der Waals surface area contributed by atoms with Crippen LogP contribution < -0.4 is 0 Å². The molecular formula is C138H94N6S. The molecule has 0 saturated carbocycles. The highest BCUT2D eigenvalue weighted by Crippen LogP contribution is 2.56. The zero-order valence-corrected chi connectivity index (χ0v) is 80.2. The fraction of sp³-hybridized carbons (Fsp3) is 0.0290. The van der Waals surface area contributed by atoms with Crippen LogP contribution in [0.5, 0.6) is 0 Å². The highest BCUT2D eigenvalue weighted by Gasteiger charge is 2.38. The van der Waals surface area contributed by atoms with Gasteiger partial charge in [-0.3, -0.25) is 0 Å². The lowest BCUT2D eigenvalue weighted by Gasteiger charge is -2.27. The van der Waals surface area contributed by atoms with Crippen LogP contribution in [0.1, 0.15) is 36.8 Å². The SMILES string of the molecule is C1=C(c2ccccc2)C2Sc3ccccc3C2C=C1n1c2ccccc2c2c(-c3cccc4c3c3ccccc3n4-c3ccccc3)cccc21.[2H]c1ccc(-c2ccc(-n3c4ccccc4c4cc(-c5ccc6c(c5)c5ccccc5n6C5=CC(c6ccccc6)=CCC5)ccc43)cc2)cc1.c1ccc(-c2ccc(-n3c4ccccc4c4cc(-c5ccc6c(c5)c5ccccc5n6-c5ccccc5)ccc43)cc2)cc1. The number of hydrogen-bond donors (Lipinski definition) is 0. The van der Waals surface area contributed by atoms with Gasteiger partial charge in [0.25, 0.3) is 0 Å². The molecule has 2 unspecified atom stereocenters. The fourth-order valence-electron chi connectivity index (χ4n) is 23.6. The lowest BCUT2D eigenvalue weighted by atomic mass is 9.84. The van der Waals surface area contributed by atoms with E-state index >= 15 is 0 Å². The Labute approximate surface area is 845 Å². The van der Waals surface area contributed by atoms with Crippen molar-refractivity contribution in [1.82, 2.24) is 27.4 Å². The Morgan fingerprint density at radius 2 is 0.545 bits per heavy atom. The highest BCUT2D eigenvalue weighted by atomic mass is 32.2. The molecule has 0 amide bonds. The van der Waals surface area contributed by atoms with Gasteiger partial charge in [0.15, 0.2) is 0 Å². The monoisotopic (exact) mass is 1870 g/mol. The molecule has 0 bridgehead atoms. The van der Waals surface area contributed by atoms with Gasteiger partial charge in [0.1, 0.15) is 0 Å². The molecule has 7 heterocycles. The van der Waals surface area contributed by atoms with Gasteiger partial charge in [-0.25, -0.2) is 0 Å². The highest BCUT2D eigenvalue weighted by molar-refractivity contribution is 8.00. The lowest BCUT2D eigenvalue weighted by molar-refractivity contribution is 0.887. The van der Waals surface area contributed by atoms with Gasteiger partial charge in [-0.2, -0.15) is 0 Å². The molecule has 21 aromatic carbocycles. The molecule has 6 aromatic heterocycles. The summed E-state index contributed by atoms with van der Waals surface area (Å²) < 4.78 is 22.4. The van der Waals surface area contributed by atoms with E-state index in [0.717, 1.165) is 29.7 Å². The van der Waals surface area contributed by atoms with Crippen molar-refractivity contribution in [3.05, 3.63) is 551 Å². The molecule has 145 heavy (non-hydrogen) atoms. The Morgan fingerprint density at radius 1 is 0.228 bits per heavy atom. The van der Waals surface area contributed by atoms with E-state index in [0.29, 0.717) is 17.2 Å². The summed E-state index contributed by atoms with van der Waals surface area (Å²) in [5, 5.41) is 15.6. The molecule has 0 N–H and O–H groups in total. The molecule has 27 aromatic rings. The minimum Gasteiger partial charge on any atom is -0.313 e. The topological polar surface area (TPSA) is 29.6 Å². The first-order valence-corrected chi connectivity index (χ1v) is 51.1. The van der Waals surface area contributed by atoms with Gasteiger partial charge in [-0.15, -0.1) is 11.8 Å². The van der Waals surface area contributed by atoms with Crippen molar-refractivity contribution in [2.24, 2.45) is 0 Å². The smallest absolute Gasteiger partial charge is 0.0623 e. The van der Waals surface area contributed by atoms with Gasteiger partial charge in [-0.1, -0.05) is 370 Å². The van der Waals surface area contributed by atoms with Gasteiger partial charge < -0.3 is 27.4 Å². The maximum absolute atomic E-state index is 7.84. The normalized spacial score (nSPS) is 14.1. The molecule has 2 aliphatic carbocycles. The Hall–Kier alpha value is -18.3. The third kappa shape index (κ3) is 14.5. The van der Waals surface area contributed by atoms with E-state index in [1.54, 1.807) is 0 Å². The summed E-state index contributed by atoms with van der Waals surface area (Å²) >= 11 is 2.01. The number of rotatable bonds is 13. The van der Waals surface area contributed by atoms with Crippen LogP contribution >= 0.6 is 11.8 Å². The summed E-state index contributed by atoms with van der Waals surface area (Å²) in [6, 6.07) is 183. The van der Waals surface area contributed by atoms with Gasteiger partial charge in [-0.05, 0) is 260 Å². The largest absolute Gasteiger partial charge is 0.313 e. The summed E-state index contributed by atoms with van der Waals surface area (Å²) in [5.74, 6) is 0.290. The Bertz CT molecular complexity index is 10000. The van der Waals surface area contributed by atoms with Crippen molar-refractivity contribution in [2.75, 3.05) is 0 Å². The summed E-state index contributed by atoms with van der Waals surface area (Å²) in [7, 11) is 0. The maximum Gasteiger partial charge on any atom is 0.0623 e. The van der Waals surface area contributed by atoms with E-state index in [-0.39, 0.29) is 0 Å². The second kappa shape index (κ2) is 35.5. The average molecular weight is 1870 g/mol. The predicted molar refractivity (Wildman–Crippen MR) is 615 cm³/mol. The lowest BCUT2D eigenvalue weighted by Crippen LogP contribution is -2.16. The van der Waals surface area contributed by atoms with Crippen molar-refractivity contribution in [3.63, 3.8) is 0 Å². The van der Waals surface area contributed by atoms with Crippen LogP contribution in [0.4, 0.5) is 0 Å². The van der Waals surface area contributed by atoms with Gasteiger partial charge in [0.2, 0.25) is 0 Å². The number of para-hydroxylation sites is 8. The van der Waals surface area contributed by atoms with Crippen molar-refractivity contribution in [3.8, 4) is 78.4 Å². The number of thioether (sulfide) groups is 1. The number of nitrogens with zero attached hydrogens (tertiary/aromatic N) is 6. The van der Waals surface area contributed by atoms with Gasteiger partial charge in [0, 0.05) is 115 Å². The molecule has 3 aliphatic rings. The van der Waals surface area contributed by atoms with E-state index in [1.165, 1.54) is 237 Å². The molecule has 0 saturated heterocycles. The number of allylic oxidation sites excluding steroid dienone is 7. The molecule has 7 heteroatoms. The average Bonchev–Trinajstić information content (AvgIpc) is 1.55. The van der Waals surface area contributed by atoms with E-state index < -0.39 is 0 Å². The molecule has 2 atom stereocenters. The van der Waals surface area contributed by atoms with Gasteiger partial charge >= 0.3 is 0 Å². The first-order chi connectivity index (χ1) is 72.4. The summed E-state index contributed by atoms with van der Waals surface area (Å²) in [6.07, 6.45) is 11.8. The first-order valence-electron chi connectivity index (χ1n) is 50.7. The molecule has 1 aliphatic heterocycles. The van der Waals surface area contributed by atoms with Crippen LogP contribution in [-0.4, -0.2) is 32.7 Å². The van der Waals surface area contributed by atoms with Crippen LogP contribution in [0.25, 0.3) is 232 Å². The Kier molecular flexibility index (Phi) is 20.5. The number of fused-ring (bicyclic) bond motifs is 21. The summed E-state index contributed by atoms with van der Waals surface area (Å²) in [6.45, 7) is 0. The number of aromatic nitrogens is 6. The molecule has 0 fully saturated rings. The van der Waals surface area contributed by atoms with Crippen LogP contribution in [-0.2, 0) is 0 Å². The minimum atomic E-state index is 0.290. The number of hydrogen-bond acceptors (Lipinski definition) is 1. The van der Waals surface area contributed by atoms with Crippen molar-refractivity contribution >= 4 is 165 Å². The molecule has 6 nitrogen and oxygen atoms in total. The second-order valence-electron chi connectivity index (χ2n) is 38.2. The summed E-state index contributed by atoms with van der Waals surface area (Å²) in [5.41, 5.74) is 40.6. The summed E-state index contributed by atoms with van der Waals surface area (Å²) in [4.78, 5) is 1.39. The quantitative estimate of drug-likeness (QED) is 0.113. The van der Waals surface area contributed by atoms with Crippen molar-refractivity contribution < 1.29 is 1.37 Å². The zero-order valence-electron chi connectivity index (χ0n) is 80.4. The second-order valence-corrected chi connectivity index (χ2v) is 39.4. The van der Waals surface area contributed by atoms with Gasteiger partial charge in [0.05, 0.1) is 67.6 Å². The van der Waals surface area contributed by atoms with E-state index in [4.69, 9.17) is 1.37 Å². The van der Waals surface area contributed by atoms with Crippen LogP contribution in [0.3, 0.4) is 0 Å². The van der Waals surface area contributed by atoms with E-state index in [2.05, 4.69) is 531 Å². The molecule has 682 valence electrons. The fourth-order valence-corrected chi connectivity index (χ4v) is 25.1. The van der Waals surface area contributed by atoms with Crippen molar-refractivity contribution in [2.45, 2.75) is 28.9 Å². The van der Waals surface area contributed by atoms with Crippen molar-refractivity contribution in [1.29, 1.82) is 0 Å². The van der Waals surface area contributed by atoms with Crippen LogP contribution in [0, 0.1) is 0 Å². The Balaban J connectivity index is 0.000000106. The molecule has 0 radical (unpaired) electrons. The van der Waals surface area contributed by atoms with E-state index in [9.17, 15) is 0 Å². The van der Waals surface area contributed by atoms with E-state index in [1.807, 2.05) is 36.0 Å². The first kappa shape index (κ1) is 83.7. The molecule has 30 rings (SSSR count). The third-order valence-electron chi connectivity index (χ3n) is 30.1. The maximum atomic E-state index is 7.84. The van der Waals surface area contributed by atoms with Crippen LogP contribution in [0.15, 0.2) is 539 Å². The van der Waals surface area contributed by atoms with Crippen LogP contribution in [0.2, 0.25) is 0 Å². The Morgan fingerprint density at radius 3 is 1.00 bits per heavy atom. The molecular weight excluding hydrogens is 1770 g/mol. The third-order valence-corrected chi connectivity index (χ3v) is 31.6. The zero-order chi connectivity index (χ0) is 96.4. The minimum absolute atomic E-state index is 0.290. The standard InChI is InChI=1S/C48H32N2S.C48H34N2.C42H28N2/c1-3-15-31(16-4-1)39-29-33(30-40-34-19-9-12-28-45(34)51-48(39)40)50-42-25-11-8-21-38(42)47-36(23-14-27-44(47)50)35-22-13-26-43-46(35)37-20-7-10-24-41(37)49(43)32-17-5-2-6-18-32;1-3-12-33(13-4-1)35-22-26-39(27-23-35)49-45-20-9-7-18-41(45)43-31-37(24-28-47(43)49)38-25-29-48-44(32-38)42-19-8-10-21-46(42)50(48)40-17-11-16-36(30-40)34-14-5-2-6-15-34;1-3-11-29(12-4-1)30-19-23-34(24-20-30)44-40-18-10-8-16-36(40)38-28-32(22-26-42(38)44)31-21-25-41-37(27-31)35-15-7-9-17-39(35)43(41)33-13-5-2-6-14-33/h1-30,40,48H;1-10,12-16,18-32H,11,17H2;1-28H/i;1D;. The molecule has 0 spiro atoms.